The molecule has 0 amide bonds. The summed E-state index contributed by atoms with van der Waals surface area (Å²) in [4.78, 5) is 7.91. The van der Waals surface area contributed by atoms with Crippen LogP contribution >= 0.6 is 0 Å². The molecule has 1 aromatic carbocycles. The number of fused-ring (bicyclic) bond motifs is 1. The molecule has 0 fully saturated rings. The molecule has 2 heterocycles. The molecular weight excluding hydrogens is 294 g/mol. The fraction of sp³-hybridized carbons (Fsp3) is 0.353. The van der Waals surface area contributed by atoms with Crippen LogP contribution in [0.15, 0.2) is 36.8 Å². The number of nitriles is 1. The van der Waals surface area contributed by atoms with Crippen molar-refractivity contribution in [2.45, 2.75) is 38.1 Å². The zero-order chi connectivity index (χ0) is 16.7. The summed E-state index contributed by atoms with van der Waals surface area (Å²) < 4.78 is 11.9. The van der Waals surface area contributed by atoms with Gasteiger partial charge in [0.15, 0.2) is 6.10 Å². The minimum atomic E-state index is -1.33. The Labute approximate surface area is 134 Å². The number of hydrogen-bond acceptors (Lipinski definition) is 6. The first-order chi connectivity index (χ1) is 10.8. The van der Waals surface area contributed by atoms with E-state index in [4.69, 9.17) is 14.7 Å². The second-order valence-corrected chi connectivity index (χ2v) is 6.17. The molecule has 0 saturated heterocycles. The Kier molecular flexibility index (Phi) is 3.46. The van der Waals surface area contributed by atoms with Crippen LogP contribution in [0.3, 0.4) is 0 Å². The Hall–Kier alpha value is -2.65. The molecule has 0 radical (unpaired) electrons. The molecule has 1 aliphatic heterocycles. The van der Waals surface area contributed by atoms with Crippen LogP contribution in [-0.2, 0) is 0 Å². The smallest absolute Gasteiger partial charge is 0.216 e. The van der Waals surface area contributed by atoms with Gasteiger partial charge in [-0.3, -0.25) is 0 Å². The molecule has 118 valence electrons. The third kappa shape index (κ3) is 2.49. The highest BCUT2D eigenvalue weighted by atomic mass is 16.6. The molecule has 1 aliphatic rings. The summed E-state index contributed by atoms with van der Waals surface area (Å²) in [5.74, 6) is 0.927. The van der Waals surface area contributed by atoms with E-state index in [0.717, 1.165) is 0 Å². The maximum Gasteiger partial charge on any atom is 0.216 e. The zero-order valence-electron chi connectivity index (χ0n) is 13.1. The largest absolute Gasteiger partial charge is 0.484 e. The summed E-state index contributed by atoms with van der Waals surface area (Å²) in [6.07, 6.45) is 2.21. The minimum absolute atomic E-state index is 0.344. The van der Waals surface area contributed by atoms with Gasteiger partial charge in [-0.15, -0.1) is 0 Å². The first kappa shape index (κ1) is 15.3. The number of hydrogen-bond donors (Lipinski definition) is 1. The molecule has 0 aliphatic carbocycles. The summed E-state index contributed by atoms with van der Waals surface area (Å²) in [5, 5.41) is 20.2. The van der Waals surface area contributed by atoms with Gasteiger partial charge in [-0.05, 0) is 39.0 Å². The van der Waals surface area contributed by atoms with E-state index in [9.17, 15) is 5.11 Å². The molecule has 23 heavy (non-hydrogen) atoms. The van der Waals surface area contributed by atoms with E-state index in [1.54, 1.807) is 51.2 Å². The molecule has 2 atom stereocenters. The number of ether oxygens (including phenoxy) is 2. The van der Waals surface area contributed by atoms with Crippen LogP contribution in [0.4, 0.5) is 0 Å². The van der Waals surface area contributed by atoms with Gasteiger partial charge in [0.25, 0.3) is 0 Å². The summed E-state index contributed by atoms with van der Waals surface area (Å²) in [6.45, 7) is 5.25. The van der Waals surface area contributed by atoms with Crippen molar-refractivity contribution in [1.82, 2.24) is 9.97 Å². The lowest BCUT2D eigenvalue weighted by atomic mass is 9.77. The number of benzene rings is 1. The minimum Gasteiger partial charge on any atom is -0.484 e. The fourth-order valence-electron chi connectivity index (χ4n) is 2.56. The summed E-state index contributed by atoms with van der Waals surface area (Å²) in [7, 11) is 0. The molecule has 6 nitrogen and oxygen atoms in total. The van der Waals surface area contributed by atoms with Gasteiger partial charge in [0.05, 0.1) is 11.6 Å². The van der Waals surface area contributed by atoms with Crippen molar-refractivity contribution in [3.63, 3.8) is 0 Å². The molecular formula is C17H17N3O3. The van der Waals surface area contributed by atoms with Crippen LogP contribution in [0.5, 0.6) is 11.6 Å². The first-order valence-electron chi connectivity index (χ1n) is 7.23. The maximum absolute atomic E-state index is 11.1. The summed E-state index contributed by atoms with van der Waals surface area (Å²) in [6, 6.07) is 8.78. The Morgan fingerprint density at radius 3 is 2.74 bits per heavy atom. The molecule has 3 rings (SSSR count). The van der Waals surface area contributed by atoms with Gasteiger partial charge in [0, 0.05) is 17.8 Å². The summed E-state index contributed by atoms with van der Waals surface area (Å²) in [5.41, 5.74) is -1.13. The van der Waals surface area contributed by atoms with Crippen LogP contribution in [-0.4, -0.2) is 26.3 Å². The second kappa shape index (κ2) is 5.21. The number of rotatable bonds is 2. The van der Waals surface area contributed by atoms with Gasteiger partial charge < -0.3 is 14.6 Å². The van der Waals surface area contributed by atoms with Gasteiger partial charge >= 0.3 is 0 Å². The van der Waals surface area contributed by atoms with Gasteiger partial charge in [-0.25, -0.2) is 9.97 Å². The number of aliphatic hydroxyl groups is 1. The van der Waals surface area contributed by atoms with E-state index in [1.165, 1.54) is 6.33 Å². The lowest BCUT2D eigenvalue weighted by molar-refractivity contribution is -0.175. The molecule has 1 aromatic heterocycles. The van der Waals surface area contributed by atoms with E-state index in [-0.39, 0.29) is 0 Å². The monoisotopic (exact) mass is 311 g/mol. The maximum atomic E-state index is 11.1. The lowest BCUT2D eigenvalue weighted by Crippen LogP contribution is -2.59. The van der Waals surface area contributed by atoms with Gasteiger partial charge in [-0.1, -0.05) is 0 Å². The Balaban J connectivity index is 2.12. The Morgan fingerprint density at radius 1 is 1.30 bits per heavy atom. The molecule has 2 unspecified atom stereocenters. The summed E-state index contributed by atoms with van der Waals surface area (Å²) >= 11 is 0. The predicted molar refractivity (Wildman–Crippen MR) is 81.9 cm³/mol. The Morgan fingerprint density at radius 2 is 2.09 bits per heavy atom. The Bertz CT molecular complexity index is 766. The normalized spacial score (nSPS) is 24.9. The van der Waals surface area contributed by atoms with E-state index in [1.807, 2.05) is 0 Å². The van der Waals surface area contributed by atoms with Crippen LogP contribution < -0.4 is 9.47 Å². The van der Waals surface area contributed by atoms with Crippen molar-refractivity contribution >= 4 is 0 Å². The highest BCUT2D eigenvalue weighted by Crippen LogP contribution is 2.48. The zero-order valence-corrected chi connectivity index (χ0v) is 13.1. The van der Waals surface area contributed by atoms with E-state index < -0.39 is 17.3 Å². The van der Waals surface area contributed by atoms with Crippen molar-refractivity contribution in [2.75, 3.05) is 0 Å². The molecule has 1 N–H and O–H groups in total. The van der Waals surface area contributed by atoms with E-state index in [2.05, 4.69) is 16.0 Å². The topological polar surface area (TPSA) is 88.3 Å². The predicted octanol–water partition coefficient (Wildman–Crippen LogP) is 2.39. The average Bonchev–Trinajstić information content (AvgIpc) is 2.52. The number of nitrogens with zero attached hydrogens (tertiary/aromatic N) is 3. The van der Waals surface area contributed by atoms with Crippen LogP contribution in [0.25, 0.3) is 0 Å². The molecule has 0 spiro atoms. The molecule has 0 saturated carbocycles. The van der Waals surface area contributed by atoms with Crippen molar-refractivity contribution in [3.05, 3.63) is 47.9 Å². The first-order valence-corrected chi connectivity index (χ1v) is 7.23. The van der Waals surface area contributed by atoms with Crippen molar-refractivity contribution < 1.29 is 14.6 Å². The van der Waals surface area contributed by atoms with Crippen LogP contribution in [0, 0.1) is 11.3 Å². The van der Waals surface area contributed by atoms with E-state index >= 15 is 0 Å². The lowest BCUT2D eigenvalue weighted by Gasteiger charge is -2.48. The highest BCUT2D eigenvalue weighted by Gasteiger charge is 2.54. The average molecular weight is 311 g/mol. The van der Waals surface area contributed by atoms with Crippen molar-refractivity contribution in [2.24, 2.45) is 0 Å². The third-order valence-corrected chi connectivity index (χ3v) is 4.31. The second-order valence-electron chi connectivity index (χ2n) is 6.17. The van der Waals surface area contributed by atoms with Gasteiger partial charge in [-0.2, -0.15) is 5.26 Å². The fourth-order valence-corrected chi connectivity index (χ4v) is 2.56. The highest BCUT2D eigenvalue weighted by molar-refractivity contribution is 5.47. The van der Waals surface area contributed by atoms with Gasteiger partial charge in [0.1, 0.15) is 23.3 Å². The van der Waals surface area contributed by atoms with Crippen molar-refractivity contribution in [3.8, 4) is 17.7 Å². The molecule has 6 heteroatoms. The standard InChI is InChI=1S/C17H17N3O3/c1-16(2)17(3,21)15(22-14-6-7-19-10-20-14)12-8-11(9-18)4-5-13(12)23-16/h4-8,10,15,21H,1-3H3. The SMILES string of the molecule is CC1(C)Oc2ccc(C#N)cc2C(Oc2ccncn2)C1(C)O. The van der Waals surface area contributed by atoms with Crippen molar-refractivity contribution in [1.29, 1.82) is 5.26 Å². The van der Waals surface area contributed by atoms with Gasteiger partial charge in [0.2, 0.25) is 5.88 Å². The molecule has 2 aromatic rings. The third-order valence-electron chi connectivity index (χ3n) is 4.31. The quantitative estimate of drug-likeness (QED) is 0.916. The van der Waals surface area contributed by atoms with Crippen LogP contribution in [0.1, 0.15) is 38.0 Å². The molecule has 0 bridgehead atoms. The van der Waals surface area contributed by atoms with E-state index in [0.29, 0.717) is 22.8 Å². The van der Waals surface area contributed by atoms with Crippen LogP contribution in [0.2, 0.25) is 0 Å². The number of aromatic nitrogens is 2.